The van der Waals surface area contributed by atoms with Gasteiger partial charge in [0.05, 0.1) is 11.6 Å². The van der Waals surface area contributed by atoms with Gasteiger partial charge < -0.3 is 10.4 Å². The minimum absolute atomic E-state index is 0.210. The number of nitrogens with one attached hydrogen (secondary N) is 1. The number of hydrogen-bond donors (Lipinski definition) is 2. The quantitative estimate of drug-likeness (QED) is 0.805. The van der Waals surface area contributed by atoms with Crippen LogP contribution in [0.5, 0.6) is 0 Å². The minimum Gasteiger partial charge on any atom is -0.388 e. The van der Waals surface area contributed by atoms with Crippen molar-refractivity contribution in [3.63, 3.8) is 0 Å². The zero-order chi connectivity index (χ0) is 13.5. The van der Waals surface area contributed by atoms with Crippen LogP contribution in [0.15, 0.2) is 24.3 Å². The van der Waals surface area contributed by atoms with Crippen LogP contribution in [0.3, 0.4) is 0 Å². The van der Waals surface area contributed by atoms with E-state index in [-0.39, 0.29) is 11.5 Å². The highest BCUT2D eigenvalue weighted by atomic mass is 16.3. The second kappa shape index (κ2) is 4.52. The Labute approximate surface area is 116 Å². The minimum atomic E-state index is -0.532. The molecule has 19 heavy (non-hydrogen) atoms. The third-order valence-electron chi connectivity index (χ3n) is 4.95. The molecule has 2 aliphatic rings. The number of fused-ring (bicyclic) bond motifs is 1. The van der Waals surface area contributed by atoms with E-state index in [9.17, 15) is 5.11 Å². The van der Waals surface area contributed by atoms with Crippen LogP contribution in [0.1, 0.15) is 51.5 Å². The van der Waals surface area contributed by atoms with Crippen LogP contribution in [0, 0.1) is 5.41 Å². The van der Waals surface area contributed by atoms with E-state index < -0.39 is 5.60 Å². The summed E-state index contributed by atoms with van der Waals surface area (Å²) in [6, 6.07) is 8.70. The molecule has 1 saturated carbocycles. The first-order valence-corrected chi connectivity index (χ1v) is 7.55. The molecule has 2 unspecified atom stereocenters. The highest BCUT2D eigenvalue weighted by Crippen LogP contribution is 2.45. The van der Waals surface area contributed by atoms with Crippen molar-refractivity contribution in [2.45, 2.75) is 64.0 Å². The molecule has 0 amide bonds. The van der Waals surface area contributed by atoms with Crippen LogP contribution < -0.4 is 5.32 Å². The SMILES string of the molecule is CC1(C)CCCC(O)(C2CCc3ccccc3N2)C1. The molecule has 1 aliphatic carbocycles. The number of rotatable bonds is 1. The molecule has 0 aromatic heterocycles. The van der Waals surface area contributed by atoms with E-state index in [0.29, 0.717) is 0 Å². The summed E-state index contributed by atoms with van der Waals surface area (Å²) in [4.78, 5) is 0. The van der Waals surface area contributed by atoms with E-state index in [1.165, 1.54) is 17.7 Å². The number of aryl methyl sites for hydroxylation is 1. The maximum absolute atomic E-state index is 11.1. The molecule has 0 bridgehead atoms. The lowest BCUT2D eigenvalue weighted by atomic mass is 9.66. The van der Waals surface area contributed by atoms with Gasteiger partial charge in [-0.1, -0.05) is 32.0 Å². The molecule has 2 nitrogen and oxygen atoms in total. The zero-order valence-corrected chi connectivity index (χ0v) is 12.1. The van der Waals surface area contributed by atoms with Crippen molar-refractivity contribution in [2.75, 3.05) is 5.32 Å². The van der Waals surface area contributed by atoms with Gasteiger partial charge in [-0.05, 0) is 55.6 Å². The second-order valence-electron chi connectivity index (χ2n) is 7.19. The maximum Gasteiger partial charge on any atom is 0.0852 e. The Bertz CT molecular complexity index is 468. The second-order valence-corrected chi connectivity index (χ2v) is 7.19. The largest absolute Gasteiger partial charge is 0.388 e. The molecule has 104 valence electrons. The first kappa shape index (κ1) is 13.0. The predicted octanol–water partition coefficient (Wildman–Crippen LogP) is 3.74. The van der Waals surface area contributed by atoms with Crippen LogP contribution in [0.2, 0.25) is 0 Å². The van der Waals surface area contributed by atoms with Gasteiger partial charge in [-0.25, -0.2) is 0 Å². The van der Waals surface area contributed by atoms with E-state index in [2.05, 4.69) is 43.4 Å². The Morgan fingerprint density at radius 1 is 1.21 bits per heavy atom. The normalized spacial score (nSPS) is 33.3. The molecule has 1 fully saturated rings. The monoisotopic (exact) mass is 259 g/mol. The molecule has 0 saturated heterocycles. The van der Waals surface area contributed by atoms with Crippen molar-refractivity contribution in [2.24, 2.45) is 5.41 Å². The molecule has 2 heteroatoms. The molecule has 1 aliphatic heterocycles. The molecule has 3 rings (SSSR count). The third kappa shape index (κ3) is 2.51. The molecular weight excluding hydrogens is 234 g/mol. The topological polar surface area (TPSA) is 32.3 Å². The molecule has 0 radical (unpaired) electrons. The zero-order valence-electron chi connectivity index (χ0n) is 12.1. The van der Waals surface area contributed by atoms with Crippen molar-refractivity contribution in [3.8, 4) is 0 Å². The van der Waals surface area contributed by atoms with Crippen LogP contribution in [-0.2, 0) is 6.42 Å². The Morgan fingerprint density at radius 3 is 2.79 bits per heavy atom. The summed E-state index contributed by atoms with van der Waals surface area (Å²) >= 11 is 0. The Balaban J connectivity index is 1.80. The van der Waals surface area contributed by atoms with Crippen LogP contribution in [-0.4, -0.2) is 16.7 Å². The lowest BCUT2D eigenvalue weighted by Crippen LogP contribution is -2.52. The van der Waals surface area contributed by atoms with Crippen LogP contribution in [0.4, 0.5) is 5.69 Å². The molecular formula is C17H25NO. The summed E-state index contributed by atoms with van der Waals surface area (Å²) in [5, 5.41) is 14.7. The smallest absolute Gasteiger partial charge is 0.0852 e. The summed E-state index contributed by atoms with van der Waals surface area (Å²) < 4.78 is 0. The summed E-state index contributed by atoms with van der Waals surface area (Å²) in [5.41, 5.74) is 2.34. The molecule has 1 heterocycles. The van der Waals surface area contributed by atoms with Crippen molar-refractivity contribution in [1.82, 2.24) is 0 Å². The van der Waals surface area contributed by atoms with E-state index >= 15 is 0 Å². The highest BCUT2D eigenvalue weighted by Gasteiger charge is 2.44. The highest BCUT2D eigenvalue weighted by molar-refractivity contribution is 5.54. The summed E-state index contributed by atoms with van der Waals surface area (Å²) in [7, 11) is 0. The average molecular weight is 259 g/mol. The van der Waals surface area contributed by atoms with Crippen molar-refractivity contribution in [1.29, 1.82) is 0 Å². The predicted molar refractivity (Wildman–Crippen MR) is 79.4 cm³/mol. The molecule has 2 N–H and O–H groups in total. The van der Waals surface area contributed by atoms with Gasteiger partial charge in [-0.3, -0.25) is 0 Å². The van der Waals surface area contributed by atoms with E-state index in [1.807, 2.05) is 0 Å². The van der Waals surface area contributed by atoms with Crippen molar-refractivity contribution in [3.05, 3.63) is 29.8 Å². The number of hydrogen-bond acceptors (Lipinski definition) is 2. The number of benzene rings is 1. The van der Waals surface area contributed by atoms with Gasteiger partial charge in [-0.2, -0.15) is 0 Å². The van der Waals surface area contributed by atoms with Gasteiger partial charge >= 0.3 is 0 Å². The van der Waals surface area contributed by atoms with Crippen LogP contribution >= 0.6 is 0 Å². The van der Waals surface area contributed by atoms with Crippen molar-refractivity contribution >= 4 is 5.69 Å². The lowest BCUT2D eigenvalue weighted by Gasteiger charge is -2.47. The fraction of sp³-hybridized carbons (Fsp3) is 0.647. The number of aliphatic hydroxyl groups is 1. The summed E-state index contributed by atoms with van der Waals surface area (Å²) in [5.74, 6) is 0. The van der Waals surface area contributed by atoms with Crippen molar-refractivity contribution < 1.29 is 5.11 Å². The Hall–Kier alpha value is -1.02. The Kier molecular flexibility index (Phi) is 3.09. The summed E-state index contributed by atoms with van der Waals surface area (Å²) in [6.45, 7) is 4.57. The number of para-hydroxylation sites is 1. The molecule has 2 atom stereocenters. The lowest BCUT2D eigenvalue weighted by molar-refractivity contribution is -0.0550. The van der Waals surface area contributed by atoms with Gasteiger partial charge in [0.2, 0.25) is 0 Å². The first-order valence-electron chi connectivity index (χ1n) is 7.55. The van der Waals surface area contributed by atoms with E-state index in [1.54, 1.807) is 0 Å². The van der Waals surface area contributed by atoms with Crippen LogP contribution in [0.25, 0.3) is 0 Å². The van der Waals surface area contributed by atoms with Gasteiger partial charge in [0.1, 0.15) is 0 Å². The summed E-state index contributed by atoms with van der Waals surface area (Å²) in [6.07, 6.45) is 6.36. The maximum atomic E-state index is 11.1. The van der Waals surface area contributed by atoms with Gasteiger partial charge in [0, 0.05) is 5.69 Å². The molecule has 0 spiro atoms. The molecule has 1 aromatic rings. The first-order chi connectivity index (χ1) is 8.99. The van der Waals surface area contributed by atoms with Gasteiger partial charge in [0.25, 0.3) is 0 Å². The van der Waals surface area contributed by atoms with E-state index in [0.717, 1.165) is 32.1 Å². The van der Waals surface area contributed by atoms with Gasteiger partial charge in [-0.15, -0.1) is 0 Å². The number of anilines is 1. The fourth-order valence-electron chi connectivity index (χ4n) is 4.02. The van der Waals surface area contributed by atoms with Gasteiger partial charge in [0.15, 0.2) is 0 Å². The average Bonchev–Trinajstić information content (AvgIpc) is 2.36. The standard InChI is InChI=1S/C17H25NO/c1-16(2)10-5-11-17(19,12-16)15-9-8-13-6-3-4-7-14(13)18-15/h3-4,6-7,15,18-19H,5,8-12H2,1-2H3. The molecule has 1 aromatic carbocycles. The fourth-order valence-corrected chi connectivity index (χ4v) is 4.02. The Morgan fingerprint density at radius 2 is 2.00 bits per heavy atom. The van der Waals surface area contributed by atoms with E-state index in [4.69, 9.17) is 0 Å². The third-order valence-corrected chi connectivity index (χ3v) is 4.95.